The van der Waals surface area contributed by atoms with Crippen LogP contribution in [0, 0.1) is 5.92 Å². The molecule has 0 bridgehead atoms. The van der Waals surface area contributed by atoms with Gasteiger partial charge in [0.05, 0.1) is 0 Å². The van der Waals surface area contributed by atoms with Crippen LogP contribution >= 0.6 is 11.8 Å². The Balaban J connectivity index is 1.70. The molecular formula is C11H21NS. The molecule has 2 fully saturated rings. The van der Waals surface area contributed by atoms with E-state index in [0.29, 0.717) is 0 Å². The largest absolute Gasteiger partial charge is 0.310 e. The van der Waals surface area contributed by atoms with Crippen LogP contribution in [0.25, 0.3) is 0 Å². The van der Waals surface area contributed by atoms with E-state index in [1.165, 1.54) is 43.6 Å². The lowest BCUT2D eigenvalue weighted by atomic mass is 9.84. The number of hydrogen-bond acceptors (Lipinski definition) is 2. The number of nitrogens with one attached hydrogen (secondary N) is 1. The van der Waals surface area contributed by atoms with Crippen molar-refractivity contribution in [2.24, 2.45) is 5.92 Å². The van der Waals surface area contributed by atoms with E-state index < -0.39 is 0 Å². The fourth-order valence-electron chi connectivity index (χ4n) is 2.47. The van der Waals surface area contributed by atoms with E-state index >= 15 is 0 Å². The monoisotopic (exact) mass is 199 g/mol. The normalized spacial score (nSPS) is 28.4. The molecule has 0 aromatic heterocycles. The second-order valence-corrected chi connectivity index (χ2v) is 5.66. The predicted octanol–water partition coefficient (Wildman–Crippen LogP) is 2.66. The van der Waals surface area contributed by atoms with Crippen molar-refractivity contribution in [3.63, 3.8) is 0 Å². The number of rotatable bonds is 3. The maximum atomic E-state index is 3.77. The lowest BCUT2D eigenvalue weighted by Gasteiger charge is -2.35. The summed E-state index contributed by atoms with van der Waals surface area (Å²) in [7, 11) is 0. The van der Waals surface area contributed by atoms with Crippen LogP contribution in [0.15, 0.2) is 0 Å². The van der Waals surface area contributed by atoms with Crippen LogP contribution in [0.1, 0.15) is 39.0 Å². The van der Waals surface area contributed by atoms with Gasteiger partial charge in [0.15, 0.2) is 0 Å². The molecule has 1 aliphatic heterocycles. The van der Waals surface area contributed by atoms with Gasteiger partial charge in [0.25, 0.3) is 0 Å². The first-order chi connectivity index (χ1) is 6.36. The zero-order valence-corrected chi connectivity index (χ0v) is 9.41. The highest BCUT2D eigenvalue weighted by Crippen LogP contribution is 2.27. The van der Waals surface area contributed by atoms with Crippen molar-refractivity contribution in [1.82, 2.24) is 5.32 Å². The summed E-state index contributed by atoms with van der Waals surface area (Å²) in [6.45, 7) is 2.39. The van der Waals surface area contributed by atoms with Gasteiger partial charge in [-0.25, -0.2) is 0 Å². The minimum atomic E-state index is 0.770. The third-order valence-electron chi connectivity index (χ3n) is 3.49. The van der Waals surface area contributed by atoms with Crippen molar-refractivity contribution in [3.8, 4) is 0 Å². The first-order valence-corrected chi connectivity index (χ1v) is 6.85. The molecule has 2 aliphatic rings. The van der Waals surface area contributed by atoms with Gasteiger partial charge in [-0.05, 0) is 25.7 Å². The van der Waals surface area contributed by atoms with Crippen molar-refractivity contribution in [1.29, 1.82) is 0 Å². The maximum absolute atomic E-state index is 3.77. The van der Waals surface area contributed by atoms with Gasteiger partial charge in [0, 0.05) is 23.6 Å². The third-order valence-corrected chi connectivity index (χ3v) is 4.77. The summed E-state index contributed by atoms with van der Waals surface area (Å²) >= 11 is 2.07. The molecule has 1 saturated heterocycles. The lowest BCUT2D eigenvalue weighted by molar-refractivity contribution is 0.270. The van der Waals surface area contributed by atoms with Gasteiger partial charge < -0.3 is 5.32 Å². The summed E-state index contributed by atoms with van der Waals surface area (Å²) < 4.78 is 0. The maximum Gasteiger partial charge on any atom is 0.0251 e. The highest BCUT2D eigenvalue weighted by atomic mass is 32.2. The van der Waals surface area contributed by atoms with Crippen molar-refractivity contribution in [2.45, 2.75) is 51.1 Å². The van der Waals surface area contributed by atoms with E-state index in [0.717, 1.165) is 18.0 Å². The molecule has 0 spiro atoms. The Bertz CT molecular complexity index is 150. The molecule has 0 radical (unpaired) electrons. The smallest absolute Gasteiger partial charge is 0.0251 e. The van der Waals surface area contributed by atoms with Gasteiger partial charge in [0.2, 0.25) is 0 Å². The molecular weight excluding hydrogens is 178 g/mol. The zero-order valence-electron chi connectivity index (χ0n) is 8.59. The standard InChI is InChI=1S/C11H21NS/c1-9(12-11-7-13-8-11)10-5-3-2-4-6-10/h9-12H,2-8H2,1H3. The van der Waals surface area contributed by atoms with Crippen molar-refractivity contribution in [2.75, 3.05) is 11.5 Å². The predicted molar refractivity (Wildman–Crippen MR) is 60.3 cm³/mol. The van der Waals surface area contributed by atoms with Gasteiger partial charge in [-0.15, -0.1) is 0 Å². The molecule has 1 saturated carbocycles. The Morgan fingerprint density at radius 3 is 2.38 bits per heavy atom. The summed E-state index contributed by atoms with van der Waals surface area (Å²) in [5.74, 6) is 3.66. The van der Waals surface area contributed by atoms with Crippen molar-refractivity contribution < 1.29 is 0 Å². The fourth-order valence-corrected chi connectivity index (χ4v) is 3.14. The van der Waals surface area contributed by atoms with Crippen LogP contribution in [-0.2, 0) is 0 Å². The Morgan fingerprint density at radius 2 is 1.85 bits per heavy atom. The highest BCUT2D eigenvalue weighted by Gasteiger charge is 2.25. The average Bonchev–Trinajstić information content (AvgIpc) is 2.12. The molecule has 2 heteroatoms. The van der Waals surface area contributed by atoms with Gasteiger partial charge in [-0.1, -0.05) is 19.3 Å². The molecule has 76 valence electrons. The molecule has 1 heterocycles. The SMILES string of the molecule is CC(NC1CSC1)C1CCCCC1. The quantitative estimate of drug-likeness (QED) is 0.750. The van der Waals surface area contributed by atoms with Crippen LogP contribution in [0.5, 0.6) is 0 Å². The molecule has 0 aromatic carbocycles. The molecule has 0 amide bonds. The summed E-state index contributed by atoms with van der Waals surface area (Å²) in [6, 6.07) is 1.60. The number of hydrogen-bond donors (Lipinski definition) is 1. The third kappa shape index (κ3) is 2.63. The zero-order chi connectivity index (χ0) is 9.10. The fraction of sp³-hybridized carbons (Fsp3) is 1.00. The first kappa shape index (κ1) is 9.85. The van der Waals surface area contributed by atoms with Gasteiger partial charge in [-0.2, -0.15) is 11.8 Å². The van der Waals surface area contributed by atoms with E-state index in [9.17, 15) is 0 Å². The molecule has 13 heavy (non-hydrogen) atoms. The Hall–Kier alpha value is 0.310. The summed E-state index contributed by atoms with van der Waals surface area (Å²) in [6.07, 6.45) is 7.34. The van der Waals surface area contributed by atoms with E-state index in [1.54, 1.807) is 0 Å². The van der Waals surface area contributed by atoms with Gasteiger partial charge in [0.1, 0.15) is 0 Å². The van der Waals surface area contributed by atoms with E-state index in [-0.39, 0.29) is 0 Å². The highest BCUT2D eigenvalue weighted by molar-refractivity contribution is 8.00. The van der Waals surface area contributed by atoms with E-state index in [2.05, 4.69) is 24.0 Å². The van der Waals surface area contributed by atoms with Gasteiger partial charge in [-0.3, -0.25) is 0 Å². The van der Waals surface area contributed by atoms with Crippen LogP contribution in [-0.4, -0.2) is 23.6 Å². The second-order valence-electron chi connectivity index (χ2n) is 4.59. The minimum absolute atomic E-state index is 0.770. The topological polar surface area (TPSA) is 12.0 Å². The first-order valence-electron chi connectivity index (χ1n) is 5.70. The number of thioether (sulfide) groups is 1. The Labute approximate surface area is 86.0 Å². The summed E-state index contributed by atoms with van der Waals surface area (Å²) in [5.41, 5.74) is 0. The van der Waals surface area contributed by atoms with Crippen LogP contribution in [0.4, 0.5) is 0 Å². The van der Waals surface area contributed by atoms with Crippen LogP contribution in [0.3, 0.4) is 0 Å². The lowest BCUT2D eigenvalue weighted by Crippen LogP contribution is -2.48. The second kappa shape index (κ2) is 4.70. The van der Waals surface area contributed by atoms with Crippen LogP contribution < -0.4 is 5.32 Å². The molecule has 0 aromatic rings. The van der Waals surface area contributed by atoms with Crippen LogP contribution in [0.2, 0.25) is 0 Å². The van der Waals surface area contributed by atoms with Gasteiger partial charge >= 0.3 is 0 Å². The van der Waals surface area contributed by atoms with Crippen molar-refractivity contribution >= 4 is 11.8 Å². The molecule has 1 N–H and O–H groups in total. The Morgan fingerprint density at radius 1 is 1.15 bits per heavy atom. The summed E-state index contributed by atoms with van der Waals surface area (Å²) in [5, 5.41) is 3.77. The van der Waals surface area contributed by atoms with Crippen molar-refractivity contribution in [3.05, 3.63) is 0 Å². The molecule has 1 unspecified atom stereocenters. The molecule has 1 aliphatic carbocycles. The van der Waals surface area contributed by atoms with E-state index in [1.807, 2.05) is 0 Å². The van der Waals surface area contributed by atoms with E-state index in [4.69, 9.17) is 0 Å². The minimum Gasteiger partial charge on any atom is -0.310 e. The molecule has 2 rings (SSSR count). The average molecular weight is 199 g/mol. The molecule has 1 atom stereocenters. The Kier molecular flexibility index (Phi) is 3.56. The molecule has 1 nitrogen and oxygen atoms in total. The summed E-state index contributed by atoms with van der Waals surface area (Å²) in [4.78, 5) is 0.